The minimum absolute atomic E-state index is 0.201. The molecule has 2 aromatic rings. The Morgan fingerprint density at radius 2 is 2.05 bits per heavy atom. The summed E-state index contributed by atoms with van der Waals surface area (Å²) in [4.78, 5) is 13.2. The average Bonchev–Trinajstić information content (AvgIpc) is 2.91. The number of methoxy groups -OCH3 is 1. The highest BCUT2D eigenvalue weighted by molar-refractivity contribution is 7.09. The second-order valence-electron chi connectivity index (χ2n) is 4.06. The lowest BCUT2D eigenvalue weighted by Crippen LogP contribution is -2.25. The predicted octanol–water partition coefficient (Wildman–Crippen LogP) is 4.04. The summed E-state index contributed by atoms with van der Waals surface area (Å²) in [5.74, 6) is 0.177. The number of nitrogens with one attached hydrogen (secondary N) is 1. The third kappa shape index (κ3) is 3.66. The van der Waals surface area contributed by atoms with Crippen LogP contribution in [0.3, 0.4) is 0 Å². The van der Waals surface area contributed by atoms with Gasteiger partial charge in [0, 0.05) is 17.0 Å². The van der Waals surface area contributed by atoms with Gasteiger partial charge in [0.05, 0.1) is 17.2 Å². The molecule has 0 aliphatic carbocycles. The average molecular weight is 330 g/mol. The fraction of sp³-hybridized carbons (Fsp3) is 0.214. The molecule has 0 spiro atoms. The van der Waals surface area contributed by atoms with Crippen LogP contribution in [0.1, 0.15) is 15.2 Å². The first-order valence-electron chi connectivity index (χ1n) is 5.95. The van der Waals surface area contributed by atoms with Crippen LogP contribution in [0.25, 0.3) is 0 Å². The van der Waals surface area contributed by atoms with Gasteiger partial charge < -0.3 is 10.1 Å². The number of hydrogen-bond donors (Lipinski definition) is 1. The Morgan fingerprint density at radius 1 is 1.35 bits per heavy atom. The van der Waals surface area contributed by atoms with Gasteiger partial charge in [0.15, 0.2) is 5.75 Å². The van der Waals surface area contributed by atoms with Crippen molar-refractivity contribution in [3.05, 3.63) is 50.1 Å². The van der Waals surface area contributed by atoms with E-state index in [-0.39, 0.29) is 5.91 Å². The summed E-state index contributed by atoms with van der Waals surface area (Å²) in [7, 11) is 1.48. The van der Waals surface area contributed by atoms with Crippen LogP contribution in [0.5, 0.6) is 5.75 Å². The van der Waals surface area contributed by atoms with E-state index in [0.717, 1.165) is 6.42 Å². The number of hydrogen-bond acceptors (Lipinski definition) is 3. The zero-order valence-electron chi connectivity index (χ0n) is 10.8. The van der Waals surface area contributed by atoms with Crippen LogP contribution >= 0.6 is 34.5 Å². The molecule has 0 unspecified atom stereocenters. The van der Waals surface area contributed by atoms with Gasteiger partial charge >= 0.3 is 0 Å². The van der Waals surface area contributed by atoms with Crippen LogP contribution in [-0.4, -0.2) is 19.6 Å². The van der Waals surface area contributed by atoms with Gasteiger partial charge in [-0.2, -0.15) is 0 Å². The standard InChI is InChI=1S/C14H13Cl2NO2S/c1-19-13-11(15)7-9(8-12(13)16)14(18)17-5-4-10-3-2-6-20-10/h2-3,6-8H,4-5H2,1H3,(H,17,18). The number of thiophene rings is 1. The topological polar surface area (TPSA) is 38.3 Å². The van der Waals surface area contributed by atoms with Gasteiger partial charge in [0.1, 0.15) is 0 Å². The largest absolute Gasteiger partial charge is 0.494 e. The predicted molar refractivity (Wildman–Crippen MR) is 83.4 cm³/mol. The molecule has 0 radical (unpaired) electrons. The smallest absolute Gasteiger partial charge is 0.251 e. The lowest BCUT2D eigenvalue weighted by Gasteiger charge is -2.09. The van der Waals surface area contributed by atoms with E-state index in [1.54, 1.807) is 23.5 Å². The van der Waals surface area contributed by atoms with Crippen LogP contribution < -0.4 is 10.1 Å². The Morgan fingerprint density at radius 3 is 2.60 bits per heavy atom. The van der Waals surface area contributed by atoms with Crippen molar-refractivity contribution in [3.63, 3.8) is 0 Å². The maximum Gasteiger partial charge on any atom is 0.251 e. The minimum Gasteiger partial charge on any atom is -0.494 e. The summed E-state index contributed by atoms with van der Waals surface area (Å²) in [6.07, 6.45) is 0.807. The lowest BCUT2D eigenvalue weighted by molar-refractivity contribution is 0.0954. The van der Waals surface area contributed by atoms with Crippen molar-refractivity contribution in [2.75, 3.05) is 13.7 Å². The van der Waals surface area contributed by atoms with Crippen molar-refractivity contribution in [1.82, 2.24) is 5.32 Å². The maximum atomic E-state index is 12.0. The molecule has 106 valence electrons. The third-order valence-electron chi connectivity index (χ3n) is 2.70. The van der Waals surface area contributed by atoms with Crippen molar-refractivity contribution < 1.29 is 9.53 Å². The first-order valence-corrected chi connectivity index (χ1v) is 7.59. The molecule has 1 amide bonds. The van der Waals surface area contributed by atoms with Gasteiger partial charge in [-0.1, -0.05) is 29.3 Å². The number of halogens is 2. The first kappa shape index (κ1) is 15.2. The Kier molecular flexibility index (Phi) is 5.29. The van der Waals surface area contributed by atoms with E-state index < -0.39 is 0 Å². The molecule has 6 heteroatoms. The molecule has 0 fully saturated rings. The molecule has 0 aliphatic heterocycles. The Bertz CT molecular complexity index is 576. The third-order valence-corrected chi connectivity index (χ3v) is 4.20. The van der Waals surface area contributed by atoms with E-state index >= 15 is 0 Å². The molecule has 1 heterocycles. The number of ether oxygens (including phenoxy) is 1. The van der Waals surface area contributed by atoms with Gasteiger partial charge in [-0.15, -0.1) is 11.3 Å². The zero-order valence-corrected chi connectivity index (χ0v) is 13.1. The first-order chi connectivity index (χ1) is 9.61. The Labute approximate surface area is 131 Å². The number of benzene rings is 1. The highest BCUT2D eigenvalue weighted by Gasteiger charge is 2.13. The van der Waals surface area contributed by atoms with Crippen molar-refractivity contribution >= 4 is 40.4 Å². The van der Waals surface area contributed by atoms with E-state index in [4.69, 9.17) is 27.9 Å². The summed E-state index contributed by atoms with van der Waals surface area (Å²) >= 11 is 13.7. The molecule has 1 aromatic carbocycles. The van der Waals surface area contributed by atoms with Crippen LogP contribution in [0.4, 0.5) is 0 Å². The van der Waals surface area contributed by atoms with Gasteiger partial charge in [0.25, 0.3) is 5.91 Å². The van der Waals surface area contributed by atoms with E-state index in [1.165, 1.54) is 12.0 Å². The van der Waals surface area contributed by atoms with Crippen LogP contribution in [-0.2, 0) is 6.42 Å². The molecule has 0 aliphatic rings. The lowest BCUT2D eigenvalue weighted by atomic mass is 10.2. The van der Waals surface area contributed by atoms with Crippen LogP contribution in [0, 0.1) is 0 Å². The zero-order chi connectivity index (χ0) is 14.5. The molecule has 20 heavy (non-hydrogen) atoms. The van der Waals surface area contributed by atoms with E-state index in [2.05, 4.69) is 5.32 Å². The number of carbonyl (C=O) groups is 1. The van der Waals surface area contributed by atoms with E-state index in [0.29, 0.717) is 27.9 Å². The van der Waals surface area contributed by atoms with Crippen molar-refractivity contribution in [3.8, 4) is 5.75 Å². The summed E-state index contributed by atoms with van der Waals surface area (Å²) in [6, 6.07) is 7.13. The van der Waals surface area contributed by atoms with Gasteiger partial charge in [-0.3, -0.25) is 4.79 Å². The van der Waals surface area contributed by atoms with Crippen molar-refractivity contribution in [2.45, 2.75) is 6.42 Å². The van der Waals surface area contributed by atoms with Crippen molar-refractivity contribution in [2.24, 2.45) is 0 Å². The molecule has 0 bridgehead atoms. The van der Waals surface area contributed by atoms with Gasteiger partial charge in [-0.25, -0.2) is 0 Å². The SMILES string of the molecule is COc1c(Cl)cc(C(=O)NCCc2cccs2)cc1Cl. The minimum atomic E-state index is -0.201. The molecule has 1 aromatic heterocycles. The van der Waals surface area contributed by atoms with E-state index in [1.807, 2.05) is 17.5 Å². The highest BCUT2D eigenvalue weighted by Crippen LogP contribution is 2.33. The Balaban J connectivity index is 1.99. The molecule has 1 N–H and O–H groups in total. The normalized spacial score (nSPS) is 10.3. The van der Waals surface area contributed by atoms with Gasteiger partial charge in [-0.05, 0) is 30.0 Å². The summed E-state index contributed by atoms with van der Waals surface area (Å²) in [5.41, 5.74) is 0.423. The summed E-state index contributed by atoms with van der Waals surface area (Å²) < 4.78 is 5.05. The highest BCUT2D eigenvalue weighted by atomic mass is 35.5. The second kappa shape index (κ2) is 6.97. The summed E-state index contributed by atoms with van der Waals surface area (Å²) in [5, 5.41) is 5.50. The van der Waals surface area contributed by atoms with Crippen molar-refractivity contribution in [1.29, 1.82) is 0 Å². The van der Waals surface area contributed by atoms with Crippen LogP contribution in [0.15, 0.2) is 29.6 Å². The monoisotopic (exact) mass is 329 g/mol. The molecular weight excluding hydrogens is 317 g/mol. The quantitative estimate of drug-likeness (QED) is 0.899. The number of amides is 1. The molecule has 0 atom stereocenters. The molecular formula is C14H13Cl2NO2S. The Hall–Kier alpha value is -1.23. The number of rotatable bonds is 5. The number of carbonyl (C=O) groups excluding carboxylic acids is 1. The fourth-order valence-corrected chi connectivity index (χ4v) is 3.09. The van der Waals surface area contributed by atoms with Crippen LogP contribution in [0.2, 0.25) is 10.0 Å². The molecule has 2 rings (SSSR count). The summed E-state index contributed by atoms with van der Waals surface area (Å²) in [6.45, 7) is 0.570. The molecule has 3 nitrogen and oxygen atoms in total. The fourth-order valence-electron chi connectivity index (χ4n) is 1.74. The second-order valence-corrected chi connectivity index (χ2v) is 5.91. The molecule has 0 saturated carbocycles. The maximum absolute atomic E-state index is 12.0. The van der Waals surface area contributed by atoms with E-state index in [9.17, 15) is 4.79 Å². The molecule has 0 saturated heterocycles. The van der Waals surface area contributed by atoms with Gasteiger partial charge in [0.2, 0.25) is 0 Å².